The number of aromatic nitrogens is 3. The third-order valence-corrected chi connectivity index (χ3v) is 2.93. The highest BCUT2D eigenvalue weighted by atomic mass is 15.4. The summed E-state index contributed by atoms with van der Waals surface area (Å²) in [5.74, 6) is 2.01. The highest BCUT2D eigenvalue weighted by Crippen LogP contribution is 2.29. The molecule has 3 nitrogen and oxygen atoms in total. The monoisotopic (exact) mass is 199 g/mol. The molecule has 0 N–H and O–H groups in total. The van der Waals surface area contributed by atoms with E-state index in [-0.39, 0.29) is 0 Å². The van der Waals surface area contributed by atoms with E-state index in [1.165, 1.54) is 5.56 Å². The van der Waals surface area contributed by atoms with Crippen LogP contribution in [0.25, 0.3) is 0 Å². The van der Waals surface area contributed by atoms with Crippen LogP contribution in [-0.4, -0.2) is 14.8 Å². The zero-order valence-electron chi connectivity index (χ0n) is 8.72. The van der Waals surface area contributed by atoms with Crippen LogP contribution in [0.4, 0.5) is 0 Å². The lowest BCUT2D eigenvalue weighted by molar-refractivity contribution is 0.551. The second-order valence-corrected chi connectivity index (χ2v) is 3.98. The van der Waals surface area contributed by atoms with Crippen molar-refractivity contribution in [2.24, 2.45) is 0 Å². The summed E-state index contributed by atoms with van der Waals surface area (Å²) in [7, 11) is 0. The van der Waals surface area contributed by atoms with Crippen molar-refractivity contribution in [3.05, 3.63) is 47.5 Å². The van der Waals surface area contributed by atoms with E-state index in [0.29, 0.717) is 6.04 Å². The fourth-order valence-electron chi connectivity index (χ4n) is 2.27. The molecule has 0 spiro atoms. The van der Waals surface area contributed by atoms with Crippen LogP contribution in [0.1, 0.15) is 29.7 Å². The fourth-order valence-corrected chi connectivity index (χ4v) is 2.27. The van der Waals surface area contributed by atoms with E-state index in [9.17, 15) is 0 Å². The molecule has 0 bridgehead atoms. The molecule has 1 aliphatic heterocycles. The molecule has 0 saturated heterocycles. The van der Waals surface area contributed by atoms with E-state index < -0.39 is 0 Å². The molecule has 1 aromatic heterocycles. The lowest BCUT2D eigenvalue weighted by Crippen LogP contribution is -2.07. The van der Waals surface area contributed by atoms with Gasteiger partial charge in [-0.2, -0.15) is 5.10 Å². The standard InChI is InChI=1S/C12H13N3/c1-9-13-12-8-7-11(15(12)14-9)10-5-3-2-4-6-10/h2-6,11H,7-8H2,1H3/t11-/m1/s1. The van der Waals surface area contributed by atoms with Gasteiger partial charge >= 0.3 is 0 Å². The smallest absolute Gasteiger partial charge is 0.147 e. The Balaban J connectivity index is 2.03. The van der Waals surface area contributed by atoms with Crippen LogP contribution in [0.3, 0.4) is 0 Å². The SMILES string of the molecule is Cc1nc2n(n1)[C@@H](c1ccccc1)CC2. The van der Waals surface area contributed by atoms with Crippen LogP contribution in [0, 0.1) is 6.92 Å². The molecule has 0 unspecified atom stereocenters. The molecule has 1 aromatic carbocycles. The molecule has 2 aromatic rings. The lowest BCUT2D eigenvalue weighted by Gasteiger charge is -2.11. The number of nitrogens with zero attached hydrogens (tertiary/aromatic N) is 3. The minimum atomic E-state index is 0.391. The van der Waals surface area contributed by atoms with E-state index in [1.54, 1.807) is 0 Å². The molecule has 0 aliphatic carbocycles. The van der Waals surface area contributed by atoms with Crippen LogP contribution >= 0.6 is 0 Å². The van der Waals surface area contributed by atoms with E-state index in [2.05, 4.69) is 39.0 Å². The Bertz CT molecular complexity index is 473. The molecule has 0 saturated carbocycles. The number of aryl methyl sites for hydroxylation is 2. The summed E-state index contributed by atoms with van der Waals surface area (Å²) in [4.78, 5) is 4.42. The van der Waals surface area contributed by atoms with Crippen LogP contribution in [0.5, 0.6) is 0 Å². The summed E-state index contributed by atoms with van der Waals surface area (Å²) in [6, 6.07) is 10.9. The Morgan fingerprint density at radius 1 is 1.27 bits per heavy atom. The number of hydrogen-bond acceptors (Lipinski definition) is 2. The second kappa shape index (κ2) is 3.19. The lowest BCUT2D eigenvalue weighted by atomic mass is 10.1. The Labute approximate surface area is 88.8 Å². The van der Waals surface area contributed by atoms with Crippen LogP contribution in [0.15, 0.2) is 30.3 Å². The molecular weight excluding hydrogens is 186 g/mol. The maximum atomic E-state index is 4.45. The number of benzene rings is 1. The molecule has 15 heavy (non-hydrogen) atoms. The van der Waals surface area contributed by atoms with Gasteiger partial charge in [0.05, 0.1) is 6.04 Å². The summed E-state index contributed by atoms with van der Waals surface area (Å²) in [6.45, 7) is 1.95. The minimum Gasteiger partial charge on any atom is -0.242 e. The third-order valence-electron chi connectivity index (χ3n) is 2.93. The van der Waals surface area contributed by atoms with Gasteiger partial charge in [-0.25, -0.2) is 9.67 Å². The van der Waals surface area contributed by atoms with Crippen molar-refractivity contribution in [1.82, 2.24) is 14.8 Å². The Hall–Kier alpha value is -1.64. The Morgan fingerprint density at radius 2 is 2.07 bits per heavy atom. The topological polar surface area (TPSA) is 30.7 Å². The van der Waals surface area contributed by atoms with Crippen LogP contribution in [0.2, 0.25) is 0 Å². The predicted molar refractivity (Wildman–Crippen MR) is 57.7 cm³/mol. The van der Waals surface area contributed by atoms with Crippen molar-refractivity contribution < 1.29 is 0 Å². The van der Waals surface area contributed by atoms with Gasteiger partial charge in [-0.1, -0.05) is 30.3 Å². The zero-order chi connectivity index (χ0) is 10.3. The number of fused-ring (bicyclic) bond motifs is 1. The van der Waals surface area contributed by atoms with E-state index in [0.717, 1.165) is 24.5 Å². The second-order valence-electron chi connectivity index (χ2n) is 3.98. The third kappa shape index (κ3) is 1.35. The van der Waals surface area contributed by atoms with Gasteiger partial charge in [0.2, 0.25) is 0 Å². The first-order valence-electron chi connectivity index (χ1n) is 5.31. The van der Waals surface area contributed by atoms with Crippen LogP contribution in [-0.2, 0) is 6.42 Å². The summed E-state index contributed by atoms with van der Waals surface area (Å²) in [5.41, 5.74) is 1.33. The average molecular weight is 199 g/mol. The van der Waals surface area contributed by atoms with Crippen LogP contribution < -0.4 is 0 Å². The summed E-state index contributed by atoms with van der Waals surface area (Å²) in [5, 5.41) is 4.45. The van der Waals surface area contributed by atoms with Gasteiger partial charge in [0.1, 0.15) is 11.6 Å². The summed E-state index contributed by atoms with van der Waals surface area (Å²) >= 11 is 0. The van der Waals surface area contributed by atoms with Crippen molar-refractivity contribution in [3.8, 4) is 0 Å². The van der Waals surface area contributed by atoms with Gasteiger partial charge in [-0.05, 0) is 18.9 Å². The minimum absolute atomic E-state index is 0.391. The molecule has 1 atom stereocenters. The maximum Gasteiger partial charge on any atom is 0.147 e. The van der Waals surface area contributed by atoms with Crippen molar-refractivity contribution in [1.29, 1.82) is 0 Å². The van der Waals surface area contributed by atoms with Gasteiger partial charge in [-0.3, -0.25) is 0 Å². The first-order chi connectivity index (χ1) is 7.34. The Morgan fingerprint density at radius 3 is 2.87 bits per heavy atom. The molecule has 0 fully saturated rings. The largest absolute Gasteiger partial charge is 0.242 e. The molecule has 1 aliphatic rings. The normalized spacial score (nSPS) is 19.1. The van der Waals surface area contributed by atoms with Gasteiger partial charge < -0.3 is 0 Å². The van der Waals surface area contributed by atoms with Gasteiger partial charge in [0.25, 0.3) is 0 Å². The number of rotatable bonds is 1. The fraction of sp³-hybridized carbons (Fsp3) is 0.333. The molecular formula is C12H13N3. The molecule has 2 heterocycles. The molecule has 3 rings (SSSR count). The molecule has 3 heteroatoms. The predicted octanol–water partition coefficient (Wildman–Crippen LogP) is 2.12. The highest BCUT2D eigenvalue weighted by molar-refractivity contribution is 5.22. The van der Waals surface area contributed by atoms with E-state index in [4.69, 9.17) is 0 Å². The average Bonchev–Trinajstić information content (AvgIpc) is 2.77. The number of hydrogen-bond donors (Lipinski definition) is 0. The van der Waals surface area contributed by atoms with E-state index in [1.807, 2.05) is 13.0 Å². The van der Waals surface area contributed by atoms with Crippen molar-refractivity contribution in [2.45, 2.75) is 25.8 Å². The summed E-state index contributed by atoms with van der Waals surface area (Å²) < 4.78 is 2.07. The maximum absolute atomic E-state index is 4.45. The van der Waals surface area contributed by atoms with Gasteiger partial charge in [0, 0.05) is 6.42 Å². The van der Waals surface area contributed by atoms with Crippen molar-refractivity contribution in [3.63, 3.8) is 0 Å². The molecule has 76 valence electrons. The van der Waals surface area contributed by atoms with Gasteiger partial charge in [0.15, 0.2) is 0 Å². The van der Waals surface area contributed by atoms with Gasteiger partial charge in [-0.15, -0.1) is 0 Å². The first kappa shape index (κ1) is 8.65. The molecule has 0 amide bonds. The van der Waals surface area contributed by atoms with Crippen molar-refractivity contribution in [2.75, 3.05) is 0 Å². The highest BCUT2D eigenvalue weighted by Gasteiger charge is 2.25. The van der Waals surface area contributed by atoms with E-state index >= 15 is 0 Å². The Kier molecular flexibility index (Phi) is 1.84. The quantitative estimate of drug-likeness (QED) is 0.704. The molecule has 0 radical (unpaired) electrons. The zero-order valence-corrected chi connectivity index (χ0v) is 8.72. The van der Waals surface area contributed by atoms with Crippen molar-refractivity contribution >= 4 is 0 Å². The first-order valence-corrected chi connectivity index (χ1v) is 5.31. The summed E-state index contributed by atoms with van der Waals surface area (Å²) in [6.07, 6.45) is 2.17.